The molecule has 0 amide bonds. The maximum absolute atomic E-state index is 6.14. The van der Waals surface area contributed by atoms with E-state index < -0.39 is 0 Å². The van der Waals surface area contributed by atoms with E-state index >= 15 is 0 Å². The third kappa shape index (κ3) is 3.72. The summed E-state index contributed by atoms with van der Waals surface area (Å²) in [5, 5.41) is 4.34. The van der Waals surface area contributed by atoms with Crippen LogP contribution in [-0.4, -0.2) is 19.1 Å². The van der Waals surface area contributed by atoms with Gasteiger partial charge in [-0.1, -0.05) is 29.8 Å². The van der Waals surface area contributed by atoms with E-state index in [1.807, 2.05) is 12.1 Å². The summed E-state index contributed by atoms with van der Waals surface area (Å²) in [6.07, 6.45) is 2.28. The van der Waals surface area contributed by atoms with Crippen molar-refractivity contribution in [2.45, 2.75) is 18.9 Å². The molecule has 0 saturated carbocycles. The van der Waals surface area contributed by atoms with Crippen molar-refractivity contribution in [1.29, 1.82) is 0 Å². The van der Waals surface area contributed by atoms with Gasteiger partial charge < -0.3 is 10.2 Å². The van der Waals surface area contributed by atoms with Crippen LogP contribution in [0.2, 0.25) is 5.02 Å². The van der Waals surface area contributed by atoms with Crippen LogP contribution in [-0.2, 0) is 0 Å². The Morgan fingerprint density at radius 1 is 1.05 bits per heavy atom. The maximum atomic E-state index is 6.14. The van der Waals surface area contributed by atoms with E-state index in [0.29, 0.717) is 6.04 Å². The van der Waals surface area contributed by atoms with Gasteiger partial charge >= 0.3 is 0 Å². The lowest BCUT2D eigenvalue weighted by molar-refractivity contribution is 0.527. The Labute approximate surface area is 139 Å². The van der Waals surface area contributed by atoms with Gasteiger partial charge in [-0.3, -0.25) is 0 Å². The lowest BCUT2D eigenvalue weighted by Gasteiger charge is -2.34. The third-order valence-corrected chi connectivity index (χ3v) is 5.14. The van der Waals surface area contributed by atoms with Gasteiger partial charge in [-0.05, 0) is 59.1 Å². The summed E-state index contributed by atoms with van der Waals surface area (Å²) in [7, 11) is 0. The normalized spacial score (nSPS) is 16.0. The van der Waals surface area contributed by atoms with E-state index in [2.05, 4.69) is 62.5 Å². The zero-order chi connectivity index (χ0) is 14.7. The van der Waals surface area contributed by atoms with Crippen molar-refractivity contribution in [3.05, 3.63) is 58.0 Å². The highest BCUT2D eigenvalue weighted by atomic mass is 79.9. The molecular formula is C17H18BrClN2. The molecule has 1 N–H and O–H groups in total. The molecular weight excluding hydrogens is 348 g/mol. The Hall–Kier alpha value is -1.19. The minimum atomic E-state index is 0.516. The van der Waals surface area contributed by atoms with E-state index in [1.54, 1.807) is 0 Å². The average Bonchev–Trinajstić information content (AvgIpc) is 2.53. The number of halogens is 2. The van der Waals surface area contributed by atoms with Gasteiger partial charge in [0.25, 0.3) is 0 Å². The molecule has 2 aromatic rings. The molecule has 4 heteroatoms. The summed E-state index contributed by atoms with van der Waals surface area (Å²) in [6, 6.07) is 17.2. The van der Waals surface area contributed by atoms with E-state index in [4.69, 9.17) is 11.6 Å². The quantitative estimate of drug-likeness (QED) is 0.806. The minimum Gasteiger partial charge on any atom is -0.382 e. The number of hydrogen-bond donors (Lipinski definition) is 1. The number of piperidine rings is 1. The van der Waals surface area contributed by atoms with Crippen molar-refractivity contribution in [2.24, 2.45) is 0 Å². The molecule has 1 heterocycles. The van der Waals surface area contributed by atoms with Crippen molar-refractivity contribution >= 4 is 38.9 Å². The van der Waals surface area contributed by atoms with Crippen LogP contribution < -0.4 is 10.2 Å². The van der Waals surface area contributed by atoms with Gasteiger partial charge in [0, 0.05) is 35.0 Å². The Morgan fingerprint density at radius 2 is 1.76 bits per heavy atom. The molecule has 0 atom stereocenters. The molecule has 1 fully saturated rings. The van der Waals surface area contributed by atoms with Crippen LogP contribution in [0.4, 0.5) is 11.4 Å². The third-order valence-electron chi connectivity index (χ3n) is 3.91. The summed E-state index contributed by atoms with van der Waals surface area (Å²) >= 11 is 9.56. The van der Waals surface area contributed by atoms with Crippen LogP contribution in [0, 0.1) is 0 Å². The summed E-state index contributed by atoms with van der Waals surface area (Å²) in [5.41, 5.74) is 2.42. The summed E-state index contributed by atoms with van der Waals surface area (Å²) < 4.78 is 0.939. The number of nitrogens with one attached hydrogen (secondary N) is 1. The van der Waals surface area contributed by atoms with Crippen LogP contribution in [0.1, 0.15) is 12.8 Å². The van der Waals surface area contributed by atoms with Crippen LogP contribution in [0.3, 0.4) is 0 Å². The van der Waals surface area contributed by atoms with Crippen LogP contribution in [0.25, 0.3) is 0 Å². The summed E-state index contributed by atoms with van der Waals surface area (Å²) in [4.78, 5) is 2.45. The van der Waals surface area contributed by atoms with E-state index in [0.717, 1.165) is 41.1 Å². The standard InChI is InChI=1S/C17H18BrClN2/c18-16-7-6-14(12-17(16)19)20-13-8-10-21(11-9-13)15-4-2-1-3-5-15/h1-7,12-13,20H,8-11H2. The maximum Gasteiger partial charge on any atom is 0.0568 e. The Morgan fingerprint density at radius 3 is 2.43 bits per heavy atom. The topological polar surface area (TPSA) is 15.3 Å². The first-order valence-corrected chi connectivity index (χ1v) is 8.41. The van der Waals surface area contributed by atoms with Gasteiger partial charge in [0.2, 0.25) is 0 Å². The Kier molecular flexibility index (Phi) is 4.71. The van der Waals surface area contributed by atoms with Gasteiger partial charge in [0.1, 0.15) is 0 Å². The molecule has 0 unspecified atom stereocenters. The second-order valence-corrected chi connectivity index (χ2v) is 6.63. The fourth-order valence-electron chi connectivity index (χ4n) is 2.74. The second kappa shape index (κ2) is 6.71. The molecule has 0 radical (unpaired) electrons. The molecule has 110 valence electrons. The number of para-hydroxylation sites is 1. The Bertz CT molecular complexity index is 595. The van der Waals surface area contributed by atoms with E-state index in [-0.39, 0.29) is 0 Å². The second-order valence-electron chi connectivity index (χ2n) is 5.37. The lowest BCUT2D eigenvalue weighted by Crippen LogP contribution is -2.39. The molecule has 2 aromatic carbocycles. The molecule has 21 heavy (non-hydrogen) atoms. The van der Waals surface area contributed by atoms with Gasteiger partial charge in [-0.2, -0.15) is 0 Å². The average molecular weight is 366 g/mol. The van der Waals surface area contributed by atoms with Crippen LogP contribution >= 0.6 is 27.5 Å². The highest BCUT2D eigenvalue weighted by Crippen LogP contribution is 2.27. The smallest absolute Gasteiger partial charge is 0.0568 e. The predicted octanol–water partition coefficient (Wildman–Crippen LogP) is 5.18. The molecule has 0 bridgehead atoms. The van der Waals surface area contributed by atoms with Crippen molar-refractivity contribution in [3.63, 3.8) is 0 Å². The zero-order valence-electron chi connectivity index (χ0n) is 11.7. The predicted molar refractivity (Wildman–Crippen MR) is 94.5 cm³/mol. The monoisotopic (exact) mass is 364 g/mol. The molecule has 1 aliphatic heterocycles. The van der Waals surface area contributed by atoms with Gasteiger partial charge in [-0.15, -0.1) is 0 Å². The molecule has 0 aromatic heterocycles. The Balaban J connectivity index is 1.57. The molecule has 1 aliphatic rings. The largest absolute Gasteiger partial charge is 0.382 e. The van der Waals surface area contributed by atoms with E-state index in [1.165, 1.54) is 5.69 Å². The summed E-state index contributed by atoms with van der Waals surface area (Å²) in [5.74, 6) is 0. The van der Waals surface area contributed by atoms with Crippen molar-refractivity contribution in [2.75, 3.05) is 23.3 Å². The van der Waals surface area contributed by atoms with Gasteiger partial charge in [-0.25, -0.2) is 0 Å². The lowest BCUT2D eigenvalue weighted by atomic mass is 10.0. The van der Waals surface area contributed by atoms with Gasteiger partial charge in [0.15, 0.2) is 0 Å². The van der Waals surface area contributed by atoms with Crippen molar-refractivity contribution in [1.82, 2.24) is 0 Å². The van der Waals surface area contributed by atoms with Crippen LogP contribution in [0.15, 0.2) is 53.0 Å². The molecule has 3 rings (SSSR count). The fraction of sp³-hybridized carbons (Fsp3) is 0.294. The highest BCUT2D eigenvalue weighted by molar-refractivity contribution is 9.10. The number of nitrogens with zero attached hydrogens (tertiary/aromatic N) is 1. The first kappa shape index (κ1) is 14.7. The molecule has 2 nitrogen and oxygen atoms in total. The van der Waals surface area contributed by atoms with E-state index in [9.17, 15) is 0 Å². The molecule has 0 aliphatic carbocycles. The number of anilines is 2. The number of rotatable bonds is 3. The SMILES string of the molecule is Clc1cc(NC2CCN(c3ccccc3)CC2)ccc1Br. The first-order valence-electron chi connectivity index (χ1n) is 7.24. The fourth-order valence-corrected chi connectivity index (χ4v) is 3.17. The number of hydrogen-bond acceptors (Lipinski definition) is 2. The first-order chi connectivity index (χ1) is 10.2. The minimum absolute atomic E-state index is 0.516. The van der Waals surface area contributed by atoms with Crippen molar-refractivity contribution < 1.29 is 0 Å². The zero-order valence-corrected chi connectivity index (χ0v) is 14.1. The highest BCUT2D eigenvalue weighted by Gasteiger charge is 2.19. The summed E-state index contributed by atoms with van der Waals surface area (Å²) in [6.45, 7) is 2.18. The van der Waals surface area contributed by atoms with Crippen LogP contribution in [0.5, 0.6) is 0 Å². The molecule has 1 saturated heterocycles. The van der Waals surface area contributed by atoms with Gasteiger partial charge in [0.05, 0.1) is 5.02 Å². The number of benzene rings is 2. The van der Waals surface area contributed by atoms with Crippen molar-refractivity contribution in [3.8, 4) is 0 Å². The molecule has 0 spiro atoms.